The van der Waals surface area contributed by atoms with Crippen molar-refractivity contribution in [2.24, 2.45) is 0 Å². The highest BCUT2D eigenvalue weighted by molar-refractivity contribution is 5.86. The van der Waals surface area contributed by atoms with Crippen LogP contribution in [0.5, 0.6) is 0 Å². The normalized spacial score (nSPS) is 15.6. The number of carboxylic acid groups (broad SMARTS) is 1. The van der Waals surface area contributed by atoms with E-state index in [-0.39, 0.29) is 5.69 Å². The molecule has 1 N–H and O–H groups in total. The number of quaternary nitrogens is 1. The predicted molar refractivity (Wildman–Crippen MR) is 90.4 cm³/mol. The molecule has 7 heteroatoms. The van der Waals surface area contributed by atoms with Gasteiger partial charge in [-0.05, 0) is 24.3 Å². The molecule has 1 aliphatic rings. The van der Waals surface area contributed by atoms with E-state index in [4.69, 9.17) is 0 Å². The molecule has 4 rings (SSSR count). The lowest BCUT2D eigenvalue weighted by molar-refractivity contribution is -0.914. The molecule has 3 aromatic heterocycles. The standard InChI is InChI=1S/C18H19N5O2/c24-18(25)17-14(23-8-4-2-6-16(23)20-17)13-21-9-11-22(12-10-21)15-5-1-3-7-19-15/h1-8H,9-13H2,(H,24,25). The van der Waals surface area contributed by atoms with Gasteiger partial charge in [-0.2, -0.15) is 0 Å². The Bertz CT molecular complexity index is 885. The van der Waals surface area contributed by atoms with Gasteiger partial charge in [-0.3, -0.25) is 4.40 Å². The van der Waals surface area contributed by atoms with Gasteiger partial charge in [0, 0.05) is 12.4 Å². The molecule has 1 fully saturated rings. The number of aromatic carboxylic acids is 1. The maximum Gasteiger partial charge on any atom is 0.137 e. The summed E-state index contributed by atoms with van der Waals surface area (Å²) in [6.07, 6.45) is 3.66. The molecule has 0 spiro atoms. The Labute approximate surface area is 145 Å². The van der Waals surface area contributed by atoms with E-state index in [1.54, 1.807) is 6.20 Å². The minimum Gasteiger partial charge on any atom is -0.543 e. The molecule has 1 saturated heterocycles. The SMILES string of the molecule is O=C([O-])c1nc2ccccn2c1C[NH+]1CCN(c2ccccn2)CC1. The second kappa shape index (κ2) is 6.52. The maximum atomic E-state index is 11.5. The number of nitrogens with one attached hydrogen (secondary N) is 1. The van der Waals surface area contributed by atoms with Crippen molar-refractivity contribution in [3.8, 4) is 0 Å². The van der Waals surface area contributed by atoms with Crippen LogP contribution < -0.4 is 14.9 Å². The zero-order chi connectivity index (χ0) is 17.2. The molecule has 0 radical (unpaired) electrons. The summed E-state index contributed by atoms with van der Waals surface area (Å²) in [4.78, 5) is 23.7. The molecule has 0 aromatic carbocycles. The Hall–Kier alpha value is -2.93. The Kier molecular flexibility index (Phi) is 4.07. The summed E-state index contributed by atoms with van der Waals surface area (Å²) in [6.45, 7) is 4.24. The minimum atomic E-state index is -1.22. The summed E-state index contributed by atoms with van der Waals surface area (Å²) in [5.74, 6) is -0.225. The van der Waals surface area contributed by atoms with Gasteiger partial charge in [0.1, 0.15) is 29.4 Å². The summed E-state index contributed by atoms with van der Waals surface area (Å²) >= 11 is 0. The number of anilines is 1. The highest BCUT2D eigenvalue weighted by Gasteiger charge is 2.24. The molecule has 7 nitrogen and oxygen atoms in total. The number of carboxylic acids is 1. The fourth-order valence-electron chi connectivity index (χ4n) is 3.39. The summed E-state index contributed by atoms with van der Waals surface area (Å²) in [5.41, 5.74) is 1.39. The first-order chi connectivity index (χ1) is 12.2. The van der Waals surface area contributed by atoms with Crippen LogP contribution in [0.15, 0.2) is 48.8 Å². The third-order valence-corrected chi connectivity index (χ3v) is 4.68. The van der Waals surface area contributed by atoms with Crippen molar-refractivity contribution in [2.75, 3.05) is 31.1 Å². The number of fused-ring (bicyclic) bond motifs is 1. The fourth-order valence-corrected chi connectivity index (χ4v) is 3.39. The summed E-state index contributed by atoms with van der Waals surface area (Å²) in [6, 6.07) is 11.5. The zero-order valence-corrected chi connectivity index (χ0v) is 13.8. The molecule has 4 heterocycles. The van der Waals surface area contributed by atoms with Crippen molar-refractivity contribution in [3.05, 3.63) is 60.2 Å². The van der Waals surface area contributed by atoms with Gasteiger partial charge in [-0.1, -0.05) is 12.1 Å². The highest BCUT2D eigenvalue weighted by Crippen LogP contribution is 2.12. The number of rotatable bonds is 4. The van der Waals surface area contributed by atoms with Crippen LogP contribution in [0.25, 0.3) is 5.65 Å². The third-order valence-electron chi connectivity index (χ3n) is 4.68. The molecule has 25 heavy (non-hydrogen) atoms. The van der Waals surface area contributed by atoms with Crippen LogP contribution in [0.2, 0.25) is 0 Å². The number of carbonyl (C=O) groups is 1. The first kappa shape index (κ1) is 15.6. The van der Waals surface area contributed by atoms with Crippen LogP contribution in [0.4, 0.5) is 5.82 Å². The Morgan fingerprint density at radius 2 is 1.96 bits per heavy atom. The molecule has 0 atom stereocenters. The molecular formula is C18H19N5O2. The second-order valence-electron chi connectivity index (χ2n) is 6.23. The molecule has 0 saturated carbocycles. The smallest absolute Gasteiger partial charge is 0.137 e. The average molecular weight is 337 g/mol. The summed E-state index contributed by atoms with van der Waals surface area (Å²) < 4.78 is 1.85. The largest absolute Gasteiger partial charge is 0.543 e. The van der Waals surface area contributed by atoms with Crippen molar-refractivity contribution in [1.29, 1.82) is 0 Å². The molecule has 0 unspecified atom stereocenters. The van der Waals surface area contributed by atoms with Crippen LogP contribution in [0, 0.1) is 0 Å². The highest BCUT2D eigenvalue weighted by atomic mass is 16.4. The van der Waals surface area contributed by atoms with E-state index in [9.17, 15) is 9.90 Å². The van der Waals surface area contributed by atoms with E-state index in [0.29, 0.717) is 17.9 Å². The molecule has 1 aliphatic heterocycles. The van der Waals surface area contributed by atoms with Crippen LogP contribution in [0.3, 0.4) is 0 Å². The van der Waals surface area contributed by atoms with Gasteiger partial charge in [0.15, 0.2) is 0 Å². The van der Waals surface area contributed by atoms with Crippen molar-refractivity contribution in [1.82, 2.24) is 14.4 Å². The maximum absolute atomic E-state index is 11.5. The lowest BCUT2D eigenvalue weighted by Crippen LogP contribution is -3.13. The van der Waals surface area contributed by atoms with Crippen molar-refractivity contribution in [2.45, 2.75) is 6.54 Å². The number of carbonyl (C=O) groups excluding carboxylic acids is 1. The van der Waals surface area contributed by atoms with E-state index in [1.807, 2.05) is 47.0 Å². The van der Waals surface area contributed by atoms with Crippen LogP contribution in [0.1, 0.15) is 16.2 Å². The van der Waals surface area contributed by atoms with Gasteiger partial charge >= 0.3 is 0 Å². The second-order valence-corrected chi connectivity index (χ2v) is 6.23. The zero-order valence-electron chi connectivity index (χ0n) is 13.8. The monoisotopic (exact) mass is 337 g/mol. The number of hydrogen-bond acceptors (Lipinski definition) is 5. The molecular weight excluding hydrogens is 318 g/mol. The van der Waals surface area contributed by atoms with Gasteiger partial charge in [-0.25, -0.2) is 9.97 Å². The third kappa shape index (κ3) is 3.06. The van der Waals surface area contributed by atoms with Gasteiger partial charge in [0.25, 0.3) is 0 Å². The molecule has 0 aliphatic carbocycles. The lowest BCUT2D eigenvalue weighted by Gasteiger charge is -2.32. The van der Waals surface area contributed by atoms with E-state index in [1.165, 1.54) is 4.90 Å². The summed E-state index contributed by atoms with van der Waals surface area (Å²) in [5, 5.41) is 11.5. The summed E-state index contributed by atoms with van der Waals surface area (Å²) in [7, 11) is 0. The lowest BCUT2D eigenvalue weighted by atomic mass is 10.2. The number of pyridine rings is 2. The van der Waals surface area contributed by atoms with Gasteiger partial charge in [0.2, 0.25) is 0 Å². The first-order valence-corrected chi connectivity index (χ1v) is 8.39. The Balaban J connectivity index is 1.51. The minimum absolute atomic E-state index is 0.0471. The Morgan fingerprint density at radius 3 is 2.68 bits per heavy atom. The van der Waals surface area contributed by atoms with E-state index in [2.05, 4.69) is 14.9 Å². The molecule has 3 aromatic rings. The number of imidazole rings is 1. The van der Waals surface area contributed by atoms with Crippen LogP contribution in [-0.4, -0.2) is 46.5 Å². The molecule has 0 amide bonds. The van der Waals surface area contributed by atoms with Gasteiger partial charge < -0.3 is 19.7 Å². The van der Waals surface area contributed by atoms with Gasteiger partial charge in [0.05, 0.1) is 32.1 Å². The number of piperazine rings is 1. The van der Waals surface area contributed by atoms with Crippen LogP contribution >= 0.6 is 0 Å². The number of aromatic nitrogens is 3. The van der Waals surface area contributed by atoms with Crippen molar-refractivity contribution in [3.63, 3.8) is 0 Å². The van der Waals surface area contributed by atoms with E-state index < -0.39 is 5.97 Å². The first-order valence-electron chi connectivity index (χ1n) is 8.39. The number of hydrogen-bond donors (Lipinski definition) is 1. The van der Waals surface area contributed by atoms with E-state index >= 15 is 0 Å². The topological polar surface area (TPSA) is 78.0 Å². The average Bonchev–Trinajstić information content (AvgIpc) is 3.02. The quantitative estimate of drug-likeness (QED) is 0.661. The predicted octanol–water partition coefficient (Wildman–Crippen LogP) is -1.00. The van der Waals surface area contributed by atoms with Crippen LogP contribution in [-0.2, 0) is 6.54 Å². The van der Waals surface area contributed by atoms with Gasteiger partial charge in [-0.15, -0.1) is 0 Å². The molecule has 128 valence electrons. The molecule has 0 bridgehead atoms. The van der Waals surface area contributed by atoms with E-state index in [0.717, 1.165) is 32.0 Å². The fraction of sp³-hybridized carbons (Fsp3) is 0.278. The number of nitrogens with zero attached hydrogens (tertiary/aromatic N) is 4. The van der Waals surface area contributed by atoms with Crippen molar-refractivity contribution >= 4 is 17.4 Å². The van der Waals surface area contributed by atoms with Crippen molar-refractivity contribution < 1.29 is 14.8 Å². The Morgan fingerprint density at radius 1 is 1.16 bits per heavy atom.